The van der Waals surface area contributed by atoms with Crippen molar-refractivity contribution in [2.75, 3.05) is 12.0 Å². The number of ether oxygens (including phenoxy) is 1. The van der Waals surface area contributed by atoms with E-state index in [2.05, 4.69) is 46.3 Å². The number of rotatable bonds is 7. The molecule has 3 nitrogen and oxygen atoms in total. The summed E-state index contributed by atoms with van der Waals surface area (Å²) in [6, 6.07) is 36.2. The Bertz CT molecular complexity index is 1340. The number of para-hydroxylation sites is 1. The second kappa shape index (κ2) is 9.93. The molecule has 35 heavy (non-hydrogen) atoms. The number of anilines is 1. The summed E-state index contributed by atoms with van der Waals surface area (Å²) in [5.74, 6) is 0.870. The standard InChI is InChI=1S/C31H26BrNO2/c1-35-27-20-18-25(19-21-27)31(22-10-14-23-11-8-9-17-28(23)32)29(24-12-4-2-5-13-24)33(30(31)34)26-15-6-3-7-16-26/h2-21,29H,22H2,1H3/b14-10+/t29-,31+/m1/s1. The Labute approximate surface area is 214 Å². The van der Waals surface area contributed by atoms with Crippen LogP contribution in [0.3, 0.4) is 0 Å². The number of carbonyl (C=O) groups is 1. The molecule has 4 aromatic carbocycles. The van der Waals surface area contributed by atoms with Gasteiger partial charge in [0.25, 0.3) is 0 Å². The zero-order valence-electron chi connectivity index (χ0n) is 19.5. The Hall–Kier alpha value is -3.63. The van der Waals surface area contributed by atoms with Crippen molar-refractivity contribution < 1.29 is 9.53 Å². The molecule has 0 saturated carbocycles. The summed E-state index contributed by atoms with van der Waals surface area (Å²) in [7, 11) is 1.66. The molecule has 0 spiro atoms. The smallest absolute Gasteiger partial charge is 0.241 e. The number of nitrogens with zero attached hydrogens (tertiary/aromatic N) is 1. The molecule has 0 aliphatic carbocycles. The SMILES string of the molecule is COc1ccc([C@]2(C/C=C/c3ccccc3Br)C(=O)N(c3ccccc3)[C@@H]2c2ccccc2)cc1. The van der Waals surface area contributed by atoms with Crippen LogP contribution in [-0.2, 0) is 10.2 Å². The van der Waals surface area contributed by atoms with Gasteiger partial charge < -0.3 is 9.64 Å². The second-order valence-electron chi connectivity index (χ2n) is 8.65. The molecule has 2 atom stereocenters. The summed E-state index contributed by atoms with van der Waals surface area (Å²) in [6.45, 7) is 0. The first-order chi connectivity index (χ1) is 17.1. The van der Waals surface area contributed by atoms with E-state index >= 15 is 0 Å². The van der Waals surface area contributed by atoms with E-state index in [0.29, 0.717) is 6.42 Å². The van der Waals surface area contributed by atoms with Crippen molar-refractivity contribution in [1.82, 2.24) is 0 Å². The van der Waals surface area contributed by atoms with E-state index < -0.39 is 5.41 Å². The number of benzene rings is 4. The van der Waals surface area contributed by atoms with Gasteiger partial charge in [-0.15, -0.1) is 0 Å². The van der Waals surface area contributed by atoms with E-state index in [4.69, 9.17) is 4.74 Å². The number of hydrogen-bond acceptors (Lipinski definition) is 2. The van der Waals surface area contributed by atoms with Crippen LogP contribution in [0.25, 0.3) is 6.08 Å². The molecule has 1 saturated heterocycles. The van der Waals surface area contributed by atoms with Crippen molar-refractivity contribution in [3.8, 4) is 5.75 Å². The summed E-state index contributed by atoms with van der Waals surface area (Å²) >= 11 is 3.63. The predicted octanol–water partition coefficient (Wildman–Crippen LogP) is 7.59. The third kappa shape index (κ3) is 4.19. The third-order valence-electron chi connectivity index (χ3n) is 6.72. The molecule has 1 aliphatic heterocycles. The Balaban J connectivity index is 1.63. The van der Waals surface area contributed by atoms with E-state index in [-0.39, 0.29) is 11.9 Å². The van der Waals surface area contributed by atoms with Crippen molar-refractivity contribution in [1.29, 1.82) is 0 Å². The zero-order valence-corrected chi connectivity index (χ0v) is 21.1. The molecular weight excluding hydrogens is 498 g/mol. The molecule has 1 fully saturated rings. The Morgan fingerprint density at radius 2 is 1.49 bits per heavy atom. The molecule has 0 unspecified atom stereocenters. The summed E-state index contributed by atoms with van der Waals surface area (Å²) in [4.78, 5) is 16.1. The molecule has 0 bridgehead atoms. The zero-order chi connectivity index (χ0) is 24.3. The number of amides is 1. The second-order valence-corrected chi connectivity index (χ2v) is 9.51. The summed E-state index contributed by atoms with van der Waals surface area (Å²) in [6.07, 6.45) is 4.79. The monoisotopic (exact) mass is 523 g/mol. The van der Waals surface area contributed by atoms with Crippen LogP contribution in [0.15, 0.2) is 120 Å². The number of hydrogen-bond donors (Lipinski definition) is 0. The fourth-order valence-electron chi connectivity index (χ4n) is 5.00. The molecular formula is C31H26BrNO2. The highest BCUT2D eigenvalue weighted by molar-refractivity contribution is 9.10. The molecule has 174 valence electrons. The van der Waals surface area contributed by atoms with Crippen LogP contribution < -0.4 is 9.64 Å². The van der Waals surface area contributed by atoms with Gasteiger partial charge in [-0.2, -0.15) is 0 Å². The molecule has 5 rings (SSSR count). The number of allylic oxidation sites excluding steroid dienone is 1. The maximum absolute atomic E-state index is 14.2. The van der Waals surface area contributed by atoms with Gasteiger partial charge in [0, 0.05) is 10.2 Å². The van der Waals surface area contributed by atoms with E-state index in [1.54, 1.807) is 7.11 Å². The Morgan fingerprint density at radius 3 is 2.14 bits per heavy atom. The molecule has 1 amide bonds. The minimum atomic E-state index is -0.735. The lowest BCUT2D eigenvalue weighted by Crippen LogP contribution is -2.66. The highest BCUT2D eigenvalue weighted by Gasteiger charge is 2.61. The van der Waals surface area contributed by atoms with Crippen LogP contribution in [0.2, 0.25) is 0 Å². The summed E-state index contributed by atoms with van der Waals surface area (Å²) in [5, 5.41) is 0. The highest BCUT2D eigenvalue weighted by atomic mass is 79.9. The average molecular weight is 524 g/mol. The highest BCUT2D eigenvalue weighted by Crippen LogP contribution is 2.56. The lowest BCUT2D eigenvalue weighted by molar-refractivity contribution is -0.133. The average Bonchev–Trinajstić information content (AvgIpc) is 2.91. The topological polar surface area (TPSA) is 29.5 Å². The van der Waals surface area contributed by atoms with Gasteiger partial charge in [0.2, 0.25) is 5.91 Å². The van der Waals surface area contributed by atoms with Crippen molar-refractivity contribution in [3.05, 3.63) is 136 Å². The molecule has 1 heterocycles. The van der Waals surface area contributed by atoms with Crippen LogP contribution in [0.5, 0.6) is 5.75 Å². The van der Waals surface area contributed by atoms with Crippen LogP contribution in [0, 0.1) is 0 Å². The van der Waals surface area contributed by atoms with Crippen LogP contribution in [0.4, 0.5) is 5.69 Å². The number of methoxy groups -OCH3 is 1. The van der Waals surface area contributed by atoms with Crippen molar-refractivity contribution in [2.24, 2.45) is 0 Å². The molecule has 1 aliphatic rings. The van der Waals surface area contributed by atoms with Crippen LogP contribution in [0.1, 0.15) is 29.2 Å². The first-order valence-corrected chi connectivity index (χ1v) is 12.4. The van der Waals surface area contributed by atoms with E-state index in [1.165, 1.54) is 0 Å². The van der Waals surface area contributed by atoms with Gasteiger partial charge in [-0.05, 0) is 53.4 Å². The van der Waals surface area contributed by atoms with Gasteiger partial charge >= 0.3 is 0 Å². The van der Waals surface area contributed by atoms with Crippen LogP contribution >= 0.6 is 15.9 Å². The quantitative estimate of drug-likeness (QED) is 0.233. The third-order valence-corrected chi connectivity index (χ3v) is 7.44. The van der Waals surface area contributed by atoms with Crippen LogP contribution in [-0.4, -0.2) is 13.0 Å². The molecule has 4 aromatic rings. The summed E-state index contributed by atoms with van der Waals surface area (Å²) < 4.78 is 6.43. The van der Waals surface area contributed by atoms with E-state index in [0.717, 1.165) is 32.6 Å². The largest absolute Gasteiger partial charge is 0.497 e. The predicted molar refractivity (Wildman–Crippen MR) is 146 cm³/mol. The number of carbonyl (C=O) groups excluding carboxylic acids is 1. The molecule has 0 aromatic heterocycles. The van der Waals surface area contributed by atoms with Gasteiger partial charge in [-0.1, -0.05) is 107 Å². The molecule has 4 heteroatoms. The first kappa shape index (κ1) is 23.1. The maximum Gasteiger partial charge on any atom is 0.241 e. The van der Waals surface area contributed by atoms with Gasteiger partial charge in [0.15, 0.2) is 0 Å². The first-order valence-electron chi connectivity index (χ1n) is 11.6. The lowest BCUT2D eigenvalue weighted by atomic mass is 9.61. The van der Waals surface area contributed by atoms with Crippen molar-refractivity contribution in [3.63, 3.8) is 0 Å². The van der Waals surface area contributed by atoms with Gasteiger partial charge in [-0.25, -0.2) is 0 Å². The van der Waals surface area contributed by atoms with Gasteiger partial charge in [-0.3, -0.25) is 4.79 Å². The van der Waals surface area contributed by atoms with E-state index in [1.807, 2.05) is 95.9 Å². The Kier molecular flexibility index (Phi) is 6.56. The van der Waals surface area contributed by atoms with Gasteiger partial charge in [0.1, 0.15) is 11.2 Å². The Morgan fingerprint density at radius 1 is 0.857 bits per heavy atom. The lowest BCUT2D eigenvalue weighted by Gasteiger charge is -2.56. The normalized spacial score (nSPS) is 19.5. The minimum Gasteiger partial charge on any atom is -0.497 e. The van der Waals surface area contributed by atoms with Crippen molar-refractivity contribution >= 4 is 33.6 Å². The van der Waals surface area contributed by atoms with Crippen molar-refractivity contribution in [2.45, 2.75) is 17.9 Å². The number of halogens is 1. The maximum atomic E-state index is 14.2. The molecule has 0 radical (unpaired) electrons. The fourth-order valence-corrected chi connectivity index (χ4v) is 5.41. The summed E-state index contributed by atoms with van der Waals surface area (Å²) in [5.41, 5.74) is 3.36. The molecule has 0 N–H and O–H groups in total. The minimum absolute atomic E-state index is 0.0968. The fraction of sp³-hybridized carbons (Fsp3) is 0.129. The van der Waals surface area contributed by atoms with E-state index in [9.17, 15) is 4.79 Å². The van der Waals surface area contributed by atoms with Gasteiger partial charge in [0.05, 0.1) is 13.2 Å². The number of β-lactam (4-membered cyclic amide) rings is 1.